The largest absolute Gasteiger partial charge is 0.0622 e. The lowest BCUT2D eigenvalue weighted by atomic mass is 9.80. The van der Waals surface area contributed by atoms with Gasteiger partial charge in [-0.2, -0.15) is 0 Å². The van der Waals surface area contributed by atoms with Crippen LogP contribution in [0.1, 0.15) is 74.9 Å². The zero-order valence-corrected chi connectivity index (χ0v) is 79.8. The van der Waals surface area contributed by atoms with Gasteiger partial charge in [0.15, 0.2) is 0 Å². The summed E-state index contributed by atoms with van der Waals surface area (Å²) in [7, 11) is 0. The smallest absolute Gasteiger partial charge is 0.0159 e. The first-order valence-corrected chi connectivity index (χ1v) is 49.7. The van der Waals surface area contributed by atoms with Gasteiger partial charge in [-0.1, -0.05) is 497 Å². The van der Waals surface area contributed by atoms with E-state index < -0.39 is 0 Å². The Morgan fingerprint density at radius 2 is 0.348 bits per heavy atom. The van der Waals surface area contributed by atoms with Crippen LogP contribution in [0, 0.1) is 0 Å². The third-order valence-corrected chi connectivity index (χ3v) is 31.4. The fourth-order valence-corrected chi connectivity index (χ4v) is 24.5. The van der Waals surface area contributed by atoms with Gasteiger partial charge in [-0.25, -0.2) is 0 Å². The molecule has 0 bridgehead atoms. The van der Waals surface area contributed by atoms with Crippen LogP contribution in [-0.2, 0) is 16.2 Å². The van der Waals surface area contributed by atoms with E-state index in [1.165, 1.54) is 275 Å². The molecule has 0 fully saturated rings. The van der Waals surface area contributed by atoms with E-state index in [0.29, 0.717) is 0 Å². The van der Waals surface area contributed by atoms with Crippen LogP contribution < -0.4 is 0 Å². The van der Waals surface area contributed by atoms with Gasteiger partial charge in [-0.05, 0) is 317 Å². The van der Waals surface area contributed by atoms with Crippen molar-refractivity contribution in [1.82, 2.24) is 0 Å². The van der Waals surface area contributed by atoms with E-state index >= 15 is 0 Å². The van der Waals surface area contributed by atoms with Crippen LogP contribution in [0.25, 0.3) is 242 Å². The molecular weight excluding hydrogens is 1690 g/mol. The molecule has 0 saturated heterocycles. The Hall–Kier alpha value is -17.2. The van der Waals surface area contributed by atoms with Crippen molar-refractivity contribution < 1.29 is 0 Å². The second kappa shape index (κ2) is 33.6. The molecule has 3 aliphatic rings. The predicted molar refractivity (Wildman–Crippen MR) is 604 cm³/mol. The fraction of sp³-hybridized carbons (Fsp3) is 0.0638. The number of benzene rings is 25. The normalized spacial score (nSPS) is 13.2. The molecule has 0 heteroatoms. The number of rotatable bonds is 10. The van der Waals surface area contributed by atoms with Gasteiger partial charge >= 0.3 is 0 Å². The first-order chi connectivity index (χ1) is 69.2. The molecule has 0 amide bonds. The lowest BCUT2D eigenvalue weighted by Gasteiger charge is -2.23. The van der Waals surface area contributed by atoms with Gasteiger partial charge in [0.05, 0.1) is 0 Å². The highest BCUT2D eigenvalue weighted by Gasteiger charge is 2.39. The van der Waals surface area contributed by atoms with Crippen LogP contribution in [-0.4, -0.2) is 0 Å². The minimum absolute atomic E-state index is 0.0343. The third kappa shape index (κ3) is 13.9. The molecule has 28 rings (SSSR count). The van der Waals surface area contributed by atoms with Crippen LogP contribution in [0.3, 0.4) is 0 Å². The topological polar surface area (TPSA) is 0 Å². The lowest BCUT2D eigenvalue weighted by molar-refractivity contribution is 0.660. The zero-order chi connectivity index (χ0) is 94.4. The second-order valence-corrected chi connectivity index (χ2v) is 40.3. The molecule has 0 saturated carbocycles. The molecule has 0 unspecified atom stereocenters. The van der Waals surface area contributed by atoms with Crippen molar-refractivity contribution in [2.45, 2.75) is 57.8 Å². The van der Waals surface area contributed by atoms with Crippen molar-refractivity contribution in [3.8, 4) is 145 Å². The first kappa shape index (κ1) is 84.4. The molecule has 25 aromatic carbocycles. The van der Waals surface area contributed by atoms with E-state index in [1.54, 1.807) is 0 Å². The Morgan fingerprint density at radius 1 is 0.106 bits per heavy atom. The van der Waals surface area contributed by atoms with Crippen LogP contribution in [0.15, 0.2) is 497 Å². The van der Waals surface area contributed by atoms with Crippen molar-refractivity contribution in [3.05, 3.63) is 531 Å². The molecule has 0 aliphatic heterocycles. The molecule has 0 heterocycles. The van der Waals surface area contributed by atoms with E-state index in [-0.39, 0.29) is 16.2 Å². The molecule has 0 atom stereocenters. The Bertz CT molecular complexity index is 9390. The lowest BCUT2D eigenvalue weighted by Crippen LogP contribution is -2.14. The molecule has 25 aromatic rings. The Morgan fingerprint density at radius 3 is 0.766 bits per heavy atom. The van der Waals surface area contributed by atoms with Gasteiger partial charge < -0.3 is 0 Å². The second-order valence-electron chi connectivity index (χ2n) is 40.3. The third-order valence-electron chi connectivity index (χ3n) is 31.4. The Kier molecular flexibility index (Phi) is 20.1. The molecule has 0 spiro atoms. The van der Waals surface area contributed by atoms with Crippen LogP contribution in [0.2, 0.25) is 0 Å². The highest BCUT2D eigenvalue weighted by molar-refractivity contribution is 6.27. The summed E-state index contributed by atoms with van der Waals surface area (Å²) in [5.41, 5.74) is 41.6. The van der Waals surface area contributed by atoms with Crippen LogP contribution in [0.5, 0.6) is 0 Å². The highest BCUT2D eigenvalue weighted by atomic mass is 14.4. The molecule has 0 nitrogen and oxygen atoms in total. The average Bonchev–Trinajstić information content (AvgIpc) is 0.948. The Labute approximate surface area is 824 Å². The van der Waals surface area contributed by atoms with Crippen molar-refractivity contribution in [2.75, 3.05) is 0 Å². The summed E-state index contributed by atoms with van der Waals surface area (Å²) in [4.78, 5) is 0. The number of fused-ring (bicyclic) bond motifs is 18. The predicted octanol–water partition coefficient (Wildman–Crippen LogP) is 39.0. The molecule has 141 heavy (non-hydrogen) atoms. The minimum atomic E-state index is -0.0666. The average molecular weight is 1790 g/mol. The standard InChI is InChI=1S/C51H36.2C45H32/c1-51(2)47-22-11-10-18-41(47)42-29-28-38(32-48(42)51)50-44-20-9-8-19-43(44)49(36-14-4-3-5-15-36)46-31-37(27-30-45(46)50)33-23-25-35(26-24-33)40-21-12-16-34-13-6-7-17-39(34)40;1-45(2)41-22-11-10-18-34(41)35-25-23-32(28-42(35)45)31-24-26-39-40(27-31)43(30-14-4-3-5-15-30)37-19-8-9-20-38(37)44(39)36-21-12-16-29-13-6-7-17-33(29)36;1-45(2)41-19-11-10-16-35(41)36-24-22-33(28-42(36)45)32-23-25-39-40(27-32)43(30-13-4-3-5-14-30)37-17-8-9-18-38(37)44(39)34-21-20-29-12-6-7-15-31(29)26-34/h3-32H,1-2H3;2*3-28H,1-2H3. The van der Waals surface area contributed by atoms with Gasteiger partial charge in [-0.3, -0.25) is 0 Å². The summed E-state index contributed by atoms with van der Waals surface area (Å²) in [6, 6.07) is 184. The maximum Gasteiger partial charge on any atom is 0.0159 e. The summed E-state index contributed by atoms with van der Waals surface area (Å²) < 4.78 is 0. The summed E-state index contributed by atoms with van der Waals surface area (Å²) >= 11 is 0. The molecule has 664 valence electrons. The summed E-state index contributed by atoms with van der Waals surface area (Å²) in [5, 5.41) is 23.0. The van der Waals surface area contributed by atoms with Crippen LogP contribution >= 0.6 is 0 Å². The van der Waals surface area contributed by atoms with E-state index in [4.69, 9.17) is 0 Å². The van der Waals surface area contributed by atoms with E-state index in [2.05, 4.69) is 539 Å². The maximum atomic E-state index is 2.47. The summed E-state index contributed by atoms with van der Waals surface area (Å²) in [6.45, 7) is 14.2. The molecular formula is C141H100. The van der Waals surface area contributed by atoms with Crippen molar-refractivity contribution >= 4 is 97.0 Å². The SMILES string of the molecule is CC1(C)c2ccccc2-c2ccc(-c3c4ccccc4c(-c4ccccc4)c4cc(-c5ccc(-c6cccc7ccccc67)cc5)ccc34)cc21.CC1(C)c2ccccc2-c2ccc(-c3ccc4c(-c5ccc6ccccc6c5)c5ccccc5c(-c5ccccc5)c4c3)cc21.CC1(C)c2ccccc2-c2ccc(-c3ccc4c(-c5cccc6ccccc56)c5ccccc5c(-c5ccccc5)c4c3)cc21. The minimum Gasteiger partial charge on any atom is -0.0622 e. The molecule has 0 radical (unpaired) electrons. The molecule has 0 N–H and O–H groups in total. The zero-order valence-electron chi connectivity index (χ0n) is 79.8. The summed E-state index contributed by atoms with van der Waals surface area (Å²) in [5.74, 6) is 0. The summed E-state index contributed by atoms with van der Waals surface area (Å²) in [6.07, 6.45) is 0. The fourth-order valence-electron chi connectivity index (χ4n) is 24.5. The molecule has 3 aliphatic carbocycles. The van der Waals surface area contributed by atoms with Gasteiger partial charge in [0.25, 0.3) is 0 Å². The first-order valence-electron chi connectivity index (χ1n) is 49.7. The maximum absolute atomic E-state index is 2.47. The van der Waals surface area contributed by atoms with E-state index in [9.17, 15) is 0 Å². The highest BCUT2D eigenvalue weighted by Crippen LogP contribution is 2.57. The van der Waals surface area contributed by atoms with Gasteiger partial charge in [-0.15, -0.1) is 0 Å². The number of hydrogen-bond acceptors (Lipinski definition) is 0. The monoisotopic (exact) mass is 1790 g/mol. The van der Waals surface area contributed by atoms with E-state index in [1.807, 2.05) is 0 Å². The van der Waals surface area contributed by atoms with Crippen molar-refractivity contribution in [1.29, 1.82) is 0 Å². The van der Waals surface area contributed by atoms with Crippen molar-refractivity contribution in [3.63, 3.8) is 0 Å². The Balaban J connectivity index is 0.000000109. The quantitative estimate of drug-likeness (QED) is 0.120. The van der Waals surface area contributed by atoms with Gasteiger partial charge in [0.2, 0.25) is 0 Å². The number of hydrogen-bond donors (Lipinski definition) is 0. The van der Waals surface area contributed by atoms with E-state index in [0.717, 1.165) is 0 Å². The van der Waals surface area contributed by atoms with Gasteiger partial charge in [0.1, 0.15) is 0 Å². The van der Waals surface area contributed by atoms with Crippen molar-refractivity contribution in [2.24, 2.45) is 0 Å². The van der Waals surface area contributed by atoms with Gasteiger partial charge in [0, 0.05) is 16.2 Å². The van der Waals surface area contributed by atoms with Crippen LogP contribution in [0.4, 0.5) is 0 Å². The molecule has 0 aromatic heterocycles.